The maximum Gasteiger partial charge on any atom is 0.306 e. The number of allylic oxidation sites excluding steroid dienone is 16. The van der Waals surface area contributed by atoms with E-state index < -0.39 is 6.10 Å². The van der Waals surface area contributed by atoms with Gasteiger partial charge in [-0.2, -0.15) is 0 Å². The lowest BCUT2D eigenvalue weighted by Crippen LogP contribution is -2.30. The van der Waals surface area contributed by atoms with Crippen LogP contribution in [0.2, 0.25) is 0 Å². The molecule has 0 spiro atoms. The van der Waals surface area contributed by atoms with Gasteiger partial charge in [0.05, 0.1) is 0 Å². The number of esters is 3. The Bertz CT molecular complexity index is 1580. The molecule has 0 saturated heterocycles. The lowest BCUT2D eigenvalue weighted by atomic mass is 10.0. The fourth-order valence-electron chi connectivity index (χ4n) is 9.85. The van der Waals surface area contributed by atoms with Gasteiger partial charge in [-0.15, -0.1) is 0 Å². The first-order valence-electron chi connectivity index (χ1n) is 34.7. The molecule has 6 nitrogen and oxygen atoms in total. The van der Waals surface area contributed by atoms with Gasteiger partial charge in [0.1, 0.15) is 13.2 Å². The van der Waals surface area contributed by atoms with Crippen LogP contribution in [0.5, 0.6) is 0 Å². The number of carbonyl (C=O) groups excluding carboxylic acids is 3. The Kier molecular flexibility index (Phi) is 65.7. The predicted molar refractivity (Wildman–Crippen MR) is 353 cm³/mol. The summed E-state index contributed by atoms with van der Waals surface area (Å²) in [5.74, 6) is -0.888. The van der Waals surface area contributed by atoms with E-state index in [1.54, 1.807) is 0 Å². The quantitative estimate of drug-likeness (QED) is 0.0261. The van der Waals surface area contributed by atoms with Crippen molar-refractivity contribution in [3.63, 3.8) is 0 Å². The lowest BCUT2D eigenvalue weighted by Gasteiger charge is -2.18. The van der Waals surface area contributed by atoms with Crippen LogP contribution in [0.3, 0.4) is 0 Å². The van der Waals surface area contributed by atoms with Crippen LogP contribution in [0.25, 0.3) is 0 Å². The lowest BCUT2D eigenvalue weighted by molar-refractivity contribution is -0.167. The van der Waals surface area contributed by atoms with Crippen LogP contribution in [0.4, 0.5) is 0 Å². The smallest absolute Gasteiger partial charge is 0.306 e. The van der Waals surface area contributed by atoms with E-state index in [0.717, 1.165) is 109 Å². The Balaban J connectivity index is 4.39. The molecule has 6 heteroatoms. The molecule has 0 amide bonds. The molecule has 0 bridgehead atoms. The van der Waals surface area contributed by atoms with Gasteiger partial charge in [-0.05, 0) is 122 Å². The Morgan fingerprint density at radius 1 is 0.259 bits per heavy atom. The van der Waals surface area contributed by atoms with Gasteiger partial charge in [0, 0.05) is 19.3 Å². The summed E-state index contributed by atoms with van der Waals surface area (Å²) in [4.78, 5) is 38.5. The highest BCUT2D eigenvalue weighted by Gasteiger charge is 2.19. The number of hydrogen-bond donors (Lipinski definition) is 0. The van der Waals surface area contributed by atoms with E-state index in [1.807, 2.05) is 0 Å². The first-order chi connectivity index (χ1) is 40.0. The molecule has 0 rings (SSSR count). The van der Waals surface area contributed by atoms with Crippen LogP contribution in [-0.4, -0.2) is 37.2 Å². The molecule has 81 heavy (non-hydrogen) atoms. The van der Waals surface area contributed by atoms with Gasteiger partial charge in [-0.1, -0.05) is 298 Å². The van der Waals surface area contributed by atoms with Crippen LogP contribution < -0.4 is 0 Å². The molecular formula is C75H130O6. The maximum absolute atomic E-state index is 13.0. The molecule has 466 valence electrons. The zero-order valence-electron chi connectivity index (χ0n) is 53.5. The summed E-state index contributed by atoms with van der Waals surface area (Å²) in [7, 11) is 0. The summed E-state index contributed by atoms with van der Waals surface area (Å²) in [6, 6.07) is 0. The van der Waals surface area contributed by atoms with Gasteiger partial charge in [-0.3, -0.25) is 14.4 Å². The van der Waals surface area contributed by atoms with Gasteiger partial charge in [0.2, 0.25) is 0 Å². The Hall–Kier alpha value is -3.67. The molecule has 0 N–H and O–H groups in total. The summed E-state index contributed by atoms with van der Waals surface area (Å²) in [5, 5.41) is 0. The molecule has 0 aliphatic rings. The van der Waals surface area contributed by atoms with Crippen LogP contribution >= 0.6 is 0 Å². The third-order valence-corrected chi connectivity index (χ3v) is 15.0. The number of rotatable bonds is 63. The molecule has 0 radical (unpaired) electrons. The second-order valence-corrected chi connectivity index (χ2v) is 23.1. The van der Waals surface area contributed by atoms with Gasteiger partial charge in [-0.25, -0.2) is 0 Å². The average molecular weight is 1130 g/mol. The van der Waals surface area contributed by atoms with Gasteiger partial charge in [0.15, 0.2) is 6.10 Å². The van der Waals surface area contributed by atoms with Crippen molar-refractivity contribution >= 4 is 17.9 Å². The van der Waals surface area contributed by atoms with Gasteiger partial charge in [0.25, 0.3) is 0 Å². The van der Waals surface area contributed by atoms with Crippen molar-refractivity contribution in [3.8, 4) is 0 Å². The molecule has 0 fully saturated rings. The fourth-order valence-corrected chi connectivity index (χ4v) is 9.85. The van der Waals surface area contributed by atoms with Crippen molar-refractivity contribution in [2.24, 2.45) is 0 Å². The van der Waals surface area contributed by atoms with E-state index in [0.29, 0.717) is 19.3 Å². The summed E-state index contributed by atoms with van der Waals surface area (Å²) in [6.45, 7) is 6.53. The SMILES string of the molecule is CC/C=C\C/C=C\C/C=C\C/C=C\C/C=C\CCCCCCCCCC(=O)OCC(COC(=O)CCCCCCCCC/C=C\C/C=C\CCCCC)OC(=O)CCCCCCCCCCCCC/C=C\CCCCCCCCCC. The number of unbranched alkanes of at least 4 members (excludes halogenated alkanes) is 36. The summed E-state index contributed by atoms with van der Waals surface area (Å²) in [5.41, 5.74) is 0. The molecule has 0 saturated carbocycles. The van der Waals surface area contributed by atoms with E-state index in [-0.39, 0.29) is 31.1 Å². The molecule has 1 atom stereocenters. The first-order valence-corrected chi connectivity index (χ1v) is 34.7. The molecule has 0 heterocycles. The highest BCUT2D eigenvalue weighted by atomic mass is 16.6. The van der Waals surface area contributed by atoms with E-state index >= 15 is 0 Å². The largest absolute Gasteiger partial charge is 0.462 e. The van der Waals surface area contributed by atoms with E-state index in [1.165, 1.54) is 193 Å². The third-order valence-electron chi connectivity index (χ3n) is 15.0. The minimum Gasteiger partial charge on any atom is -0.462 e. The van der Waals surface area contributed by atoms with Crippen molar-refractivity contribution < 1.29 is 28.6 Å². The van der Waals surface area contributed by atoms with Crippen molar-refractivity contribution in [3.05, 3.63) is 97.2 Å². The topological polar surface area (TPSA) is 78.9 Å². The fraction of sp³-hybridized carbons (Fsp3) is 0.747. The number of carbonyl (C=O) groups is 3. The monoisotopic (exact) mass is 1130 g/mol. The third kappa shape index (κ3) is 67.0. The molecular weight excluding hydrogens is 997 g/mol. The summed E-state index contributed by atoms with van der Waals surface area (Å²) >= 11 is 0. The maximum atomic E-state index is 13.0. The Labute approximate surface area is 502 Å². The molecule has 0 aromatic carbocycles. The highest BCUT2D eigenvalue weighted by Crippen LogP contribution is 2.17. The average Bonchev–Trinajstić information content (AvgIpc) is 3.47. The van der Waals surface area contributed by atoms with Crippen LogP contribution in [-0.2, 0) is 28.6 Å². The highest BCUT2D eigenvalue weighted by molar-refractivity contribution is 5.71. The van der Waals surface area contributed by atoms with Gasteiger partial charge >= 0.3 is 17.9 Å². The molecule has 0 aromatic rings. The van der Waals surface area contributed by atoms with E-state index in [2.05, 4.69) is 118 Å². The number of hydrogen-bond acceptors (Lipinski definition) is 6. The van der Waals surface area contributed by atoms with Crippen LogP contribution in [0.1, 0.15) is 342 Å². The molecule has 0 aliphatic heterocycles. The van der Waals surface area contributed by atoms with Crippen molar-refractivity contribution in [1.82, 2.24) is 0 Å². The van der Waals surface area contributed by atoms with E-state index in [4.69, 9.17) is 14.2 Å². The molecule has 1 unspecified atom stereocenters. The summed E-state index contributed by atoms with van der Waals surface area (Å²) < 4.78 is 17.0. The minimum absolute atomic E-state index is 0.0843. The van der Waals surface area contributed by atoms with Crippen molar-refractivity contribution in [1.29, 1.82) is 0 Å². The molecule has 0 aromatic heterocycles. The van der Waals surface area contributed by atoms with Crippen molar-refractivity contribution in [2.75, 3.05) is 13.2 Å². The van der Waals surface area contributed by atoms with Crippen LogP contribution in [0.15, 0.2) is 97.2 Å². The standard InChI is InChI=1S/C75H130O6/c1-4-7-10-13-16-19-22-25-28-31-33-35-37-39-41-44-47-50-53-56-59-62-65-68-74(77)80-71-72(70-79-73(76)67-64-61-58-55-52-49-46-43-30-27-24-21-18-15-12-9-6-3)81-75(78)69-66-63-60-57-54-51-48-45-42-40-38-36-34-32-29-26-23-20-17-14-11-8-5-2/h7,10,16,18-19,21,25,27-28,30,32-35,39,41,72H,4-6,8-9,11-15,17,20,22-24,26,29,31,36-38,40,42-71H2,1-3H3/b10-7-,19-16-,21-18-,28-25-,30-27-,34-32-,35-33-,41-39-. The Morgan fingerprint density at radius 3 is 0.790 bits per heavy atom. The minimum atomic E-state index is -0.789. The summed E-state index contributed by atoms with van der Waals surface area (Å²) in [6.07, 6.45) is 92.7. The predicted octanol–water partition coefficient (Wildman–Crippen LogP) is 24.0. The van der Waals surface area contributed by atoms with Crippen LogP contribution in [0, 0.1) is 0 Å². The zero-order chi connectivity index (χ0) is 58.5. The molecule has 0 aliphatic carbocycles. The number of ether oxygens (including phenoxy) is 3. The Morgan fingerprint density at radius 2 is 0.481 bits per heavy atom. The van der Waals surface area contributed by atoms with E-state index in [9.17, 15) is 14.4 Å². The second-order valence-electron chi connectivity index (χ2n) is 23.1. The van der Waals surface area contributed by atoms with Gasteiger partial charge < -0.3 is 14.2 Å². The zero-order valence-corrected chi connectivity index (χ0v) is 53.5. The van der Waals surface area contributed by atoms with Crippen molar-refractivity contribution in [2.45, 2.75) is 348 Å². The first kappa shape index (κ1) is 77.3. The normalized spacial score (nSPS) is 12.7. The second kappa shape index (κ2) is 68.8.